The predicted molar refractivity (Wildman–Crippen MR) is 94.8 cm³/mol. The number of rotatable bonds is 4. The van der Waals surface area contributed by atoms with Crippen LogP contribution in [0.2, 0.25) is 5.02 Å². The highest BCUT2D eigenvalue weighted by atomic mass is 35.5. The molecule has 24 heavy (non-hydrogen) atoms. The topological polar surface area (TPSA) is 57.7 Å². The van der Waals surface area contributed by atoms with Crippen molar-refractivity contribution in [2.45, 2.75) is 11.3 Å². The van der Waals surface area contributed by atoms with Crippen molar-refractivity contribution in [3.8, 4) is 0 Å². The molecule has 1 aliphatic rings. The molecule has 2 aromatic rings. The van der Waals surface area contributed by atoms with Crippen molar-refractivity contribution in [1.82, 2.24) is 9.21 Å². The number of carbonyl (C=O) groups excluding carboxylic acids is 1. The molecule has 0 unspecified atom stereocenters. The highest BCUT2D eigenvalue weighted by Crippen LogP contribution is 2.25. The fourth-order valence-electron chi connectivity index (χ4n) is 2.64. The summed E-state index contributed by atoms with van der Waals surface area (Å²) in [4.78, 5) is 15.1. The minimum atomic E-state index is -3.63. The van der Waals surface area contributed by atoms with Gasteiger partial charge in [-0.15, -0.1) is 11.3 Å². The van der Waals surface area contributed by atoms with Crippen LogP contribution in [0.5, 0.6) is 0 Å². The van der Waals surface area contributed by atoms with E-state index in [9.17, 15) is 13.2 Å². The van der Waals surface area contributed by atoms with Gasteiger partial charge >= 0.3 is 0 Å². The van der Waals surface area contributed by atoms with Crippen LogP contribution in [0.25, 0.3) is 0 Å². The van der Waals surface area contributed by atoms with Crippen LogP contribution in [0, 0.1) is 0 Å². The van der Waals surface area contributed by atoms with E-state index in [1.807, 2.05) is 17.5 Å². The van der Waals surface area contributed by atoms with Gasteiger partial charge in [0, 0.05) is 31.1 Å². The molecular weight excluding hydrogens is 368 g/mol. The van der Waals surface area contributed by atoms with E-state index >= 15 is 0 Å². The molecule has 0 bridgehead atoms. The summed E-state index contributed by atoms with van der Waals surface area (Å²) in [5.74, 6) is 0.0345. The third kappa shape index (κ3) is 3.64. The average molecular weight is 385 g/mol. The van der Waals surface area contributed by atoms with Crippen molar-refractivity contribution in [3.05, 3.63) is 51.7 Å². The number of hydrogen-bond donors (Lipinski definition) is 0. The molecule has 2 heterocycles. The zero-order valence-corrected chi connectivity index (χ0v) is 15.3. The molecule has 8 heteroatoms. The molecule has 1 amide bonds. The summed E-state index contributed by atoms with van der Waals surface area (Å²) < 4.78 is 26.8. The van der Waals surface area contributed by atoms with Gasteiger partial charge in [0.15, 0.2) is 0 Å². The molecule has 128 valence electrons. The number of sulfonamides is 1. The lowest BCUT2D eigenvalue weighted by atomic mass is 10.3. The first kappa shape index (κ1) is 17.4. The molecular formula is C16H17ClN2O3S2. The monoisotopic (exact) mass is 384 g/mol. The van der Waals surface area contributed by atoms with Crippen LogP contribution in [-0.4, -0.2) is 49.7 Å². The second-order valence-corrected chi connectivity index (χ2v) is 8.82. The van der Waals surface area contributed by atoms with Gasteiger partial charge in [-0.3, -0.25) is 4.79 Å². The summed E-state index contributed by atoms with van der Waals surface area (Å²) >= 11 is 7.57. The van der Waals surface area contributed by atoms with E-state index < -0.39 is 10.0 Å². The van der Waals surface area contributed by atoms with Crippen LogP contribution in [0.15, 0.2) is 46.7 Å². The Morgan fingerprint density at radius 3 is 2.42 bits per heavy atom. The fourth-order valence-corrected chi connectivity index (χ4v) is 5.26. The SMILES string of the molecule is O=C(Cc1cccs1)N1CCN(S(=O)(=O)c2ccccc2Cl)CC1. The quantitative estimate of drug-likeness (QED) is 0.813. The van der Waals surface area contributed by atoms with Crippen LogP contribution in [0.3, 0.4) is 0 Å². The summed E-state index contributed by atoms with van der Waals surface area (Å²) in [6.07, 6.45) is 0.370. The number of piperazine rings is 1. The van der Waals surface area contributed by atoms with E-state index in [1.54, 1.807) is 34.4 Å². The van der Waals surface area contributed by atoms with Crippen LogP contribution in [-0.2, 0) is 21.2 Å². The largest absolute Gasteiger partial charge is 0.340 e. The minimum absolute atomic E-state index is 0.0345. The Morgan fingerprint density at radius 1 is 1.08 bits per heavy atom. The Kier molecular flexibility index (Phi) is 5.24. The van der Waals surface area contributed by atoms with Gasteiger partial charge in [-0.25, -0.2) is 8.42 Å². The van der Waals surface area contributed by atoms with Crippen LogP contribution >= 0.6 is 22.9 Å². The lowest BCUT2D eigenvalue weighted by Crippen LogP contribution is -2.50. The molecule has 5 nitrogen and oxygen atoms in total. The predicted octanol–water partition coefficient (Wildman–Crippen LogP) is 2.48. The molecule has 1 aromatic carbocycles. The molecule has 0 atom stereocenters. The second kappa shape index (κ2) is 7.23. The molecule has 1 aromatic heterocycles. The summed E-state index contributed by atoms with van der Waals surface area (Å²) in [6.45, 7) is 1.36. The second-order valence-electron chi connectivity index (χ2n) is 5.47. The summed E-state index contributed by atoms with van der Waals surface area (Å²) in [6, 6.07) is 10.3. The smallest absolute Gasteiger partial charge is 0.244 e. The van der Waals surface area contributed by atoms with Gasteiger partial charge in [-0.05, 0) is 23.6 Å². The van der Waals surface area contributed by atoms with Gasteiger partial charge in [0.05, 0.1) is 11.4 Å². The van der Waals surface area contributed by atoms with Gasteiger partial charge in [0.25, 0.3) is 0 Å². The summed E-state index contributed by atoms with van der Waals surface area (Å²) in [7, 11) is -3.63. The molecule has 0 radical (unpaired) electrons. The van der Waals surface area contributed by atoms with Gasteiger partial charge in [-0.2, -0.15) is 4.31 Å². The zero-order valence-electron chi connectivity index (χ0n) is 12.9. The Balaban J connectivity index is 1.64. The first-order valence-corrected chi connectivity index (χ1v) is 10.2. The fraction of sp³-hybridized carbons (Fsp3) is 0.312. The number of amides is 1. The molecule has 0 saturated carbocycles. The number of hydrogen-bond acceptors (Lipinski definition) is 4. The Hall–Kier alpha value is -1.41. The Labute approximate surface area is 150 Å². The molecule has 0 aliphatic carbocycles. The highest BCUT2D eigenvalue weighted by molar-refractivity contribution is 7.89. The van der Waals surface area contributed by atoms with Crippen molar-refractivity contribution in [2.24, 2.45) is 0 Å². The van der Waals surface area contributed by atoms with E-state index in [0.717, 1.165) is 4.88 Å². The molecule has 0 spiro atoms. The molecule has 3 rings (SSSR count). The van der Waals surface area contributed by atoms with Crippen molar-refractivity contribution in [1.29, 1.82) is 0 Å². The Morgan fingerprint density at radius 2 is 1.79 bits per heavy atom. The lowest BCUT2D eigenvalue weighted by Gasteiger charge is -2.34. The van der Waals surface area contributed by atoms with Crippen LogP contribution in [0.1, 0.15) is 4.88 Å². The average Bonchev–Trinajstić information content (AvgIpc) is 3.08. The van der Waals surface area contributed by atoms with E-state index in [2.05, 4.69) is 0 Å². The molecule has 1 saturated heterocycles. The first-order valence-electron chi connectivity index (χ1n) is 7.53. The van der Waals surface area contributed by atoms with Gasteiger partial charge < -0.3 is 4.90 Å². The van der Waals surface area contributed by atoms with E-state index in [0.29, 0.717) is 19.5 Å². The Bertz CT molecular complexity index is 814. The van der Waals surface area contributed by atoms with Gasteiger partial charge in [0.1, 0.15) is 4.90 Å². The third-order valence-electron chi connectivity index (χ3n) is 3.95. The zero-order chi connectivity index (χ0) is 17.2. The van der Waals surface area contributed by atoms with E-state index in [4.69, 9.17) is 11.6 Å². The maximum absolute atomic E-state index is 12.7. The third-order valence-corrected chi connectivity index (χ3v) is 7.23. The van der Waals surface area contributed by atoms with Crippen molar-refractivity contribution in [3.63, 3.8) is 0 Å². The number of carbonyl (C=O) groups is 1. The lowest BCUT2D eigenvalue weighted by molar-refractivity contribution is -0.131. The summed E-state index contributed by atoms with van der Waals surface area (Å²) in [5, 5.41) is 2.16. The summed E-state index contributed by atoms with van der Waals surface area (Å²) in [5.41, 5.74) is 0. The van der Waals surface area contributed by atoms with Gasteiger partial charge in [-0.1, -0.05) is 29.8 Å². The first-order chi connectivity index (χ1) is 11.5. The molecule has 0 N–H and O–H groups in total. The van der Waals surface area contributed by atoms with Crippen LogP contribution < -0.4 is 0 Å². The number of nitrogens with zero attached hydrogens (tertiary/aromatic N) is 2. The molecule has 1 aliphatic heterocycles. The van der Waals surface area contributed by atoms with Crippen LogP contribution in [0.4, 0.5) is 0 Å². The number of benzene rings is 1. The number of thiophene rings is 1. The maximum atomic E-state index is 12.7. The van der Waals surface area contributed by atoms with Crippen molar-refractivity contribution >= 4 is 38.9 Å². The van der Waals surface area contributed by atoms with Gasteiger partial charge in [0.2, 0.25) is 15.9 Å². The highest BCUT2D eigenvalue weighted by Gasteiger charge is 2.31. The van der Waals surface area contributed by atoms with Crippen molar-refractivity contribution in [2.75, 3.05) is 26.2 Å². The number of halogens is 1. The maximum Gasteiger partial charge on any atom is 0.244 e. The molecule has 1 fully saturated rings. The van der Waals surface area contributed by atoms with Crippen molar-refractivity contribution < 1.29 is 13.2 Å². The van der Waals surface area contributed by atoms with E-state index in [1.165, 1.54) is 10.4 Å². The normalized spacial score (nSPS) is 16.3. The minimum Gasteiger partial charge on any atom is -0.340 e. The van der Waals surface area contributed by atoms with E-state index in [-0.39, 0.29) is 28.9 Å². The standard InChI is InChI=1S/C16H17ClN2O3S2/c17-14-5-1-2-6-15(14)24(21,22)19-9-7-18(8-10-19)16(20)12-13-4-3-11-23-13/h1-6,11H,7-10,12H2.